The molecular formula is C43H71NO16. The zero-order chi connectivity index (χ0) is 44.6. The van der Waals surface area contributed by atoms with Gasteiger partial charge in [-0.15, -0.1) is 0 Å². The Morgan fingerprint density at radius 1 is 0.967 bits per heavy atom. The number of aliphatic hydroxyl groups is 3. The van der Waals surface area contributed by atoms with Gasteiger partial charge in [-0.3, -0.25) is 14.4 Å². The third-order valence-electron chi connectivity index (χ3n) is 11.8. The summed E-state index contributed by atoms with van der Waals surface area (Å²) >= 11 is 0. The van der Waals surface area contributed by atoms with E-state index in [9.17, 15) is 34.5 Å². The molecule has 0 bridgehead atoms. The molecule has 0 amide bonds. The van der Waals surface area contributed by atoms with Crippen molar-refractivity contribution < 1.29 is 77.1 Å². The standard InChI is InChI=1S/C43H71NO16/c1-12-32(47)57-31-20-34(49)53-24(5)19-30-29(56-30)14-13-28(46)23(4)18-27(15-16-45)39(40(31)52-11)60-42-37(50)36(44(9)10)38(25(6)55-42)59-35-21-43(8,51)41(26(7)54-35)58-33(48)17-22(2)3/h13-14,16,22-31,35-42,46,50-51H,12,15,17-21H2,1-11H3/b14-13+/t23-,24-,25-,26+,27+,28+,29+,30+,31-,35+,36-,37-,38-,39?,40+,41+,42+,43-/m1/s1. The highest BCUT2D eigenvalue weighted by atomic mass is 16.7. The third-order valence-corrected chi connectivity index (χ3v) is 11.8. The Morgan fingerprint density at radius 3 is 2.27 bits per heavy atom. The van der Waals surface area contributed by atoms with Gasteiger partial charge in [0.05, 0.1) is 43.0 Å². The Bertz CT molecular complexity index is 1440. The van der Waals surface area contributed by atoms with Gasteiger partial charge in [-0.05, 0) is 66.0 Å². The number of likely N-dealkylation sites (N-methyl/N-ethyl adjacent to an activating group) is 1. The van der Waals surface area contributed by atoms with Crippen molar-refractivity contribution in [1.29, 1.82) is 0 Å². The van der Waals surface area contributed by atoms with Crippen molar-refractivity contribution in [3.8, 4) is 0 Å². The molecule has 0 radical (unpaired) electrons. The van der Waals surface area contributed by atoms with Crippen LogP contribution in [0.5, 0.6) is 0 Å². The fraction of sp³-hybridized carbons (Fsp3) is 0.860. The number of epoxide rings is 1. The van der Waals surface area contributed by atoms with Gasteiger partial charge >= 0.3 is 17.9 Å². The van der Waals surface area contributed by atoms with Crippen LogP contribution in [0, 0.1) is 17.8 Å². The highest BCUT2D eigenvalue weighted by Gasteiger charge is 2.53. The quantitative estimate of drug-likeness (QED) is 0.0797. The van der Waals surface area contributed by atoms with Gasteiger partial charge < -0.3 is 67.6 Å². The summed E-state index contributed by atoms with van der Waals surface area (Å²) in [5, 5.41) is 34.8. The maximum absolute atomic E-state index is 13.4. The molecule has 17 nitrogen and oxygen atoms in total. The second-order valence-corrected chi connectivity index (χ2v) is 17.9. The molecular weight excluding hydrogens is 786 g/mol. The highest BCUT2D eigenvalue weighted by Crippen LogP contribution is 2.38. The van der Waals surface area contributed by atoms with Crippen LogP contribution in [0.1, 0.15) is 100 Å². The molecule has 4 rings (SSSR count). The van der Waals surface area contributed by atoms with Crippen molar-refractivity contribution in [2.24, 2.45) is 17.8 Å². The predicted octanol–water partition coefficient (Wildman–Crippen LogP) is 2.61. The first kappa shape index (κ1) is 50.1. The summed E-state index contributed by atoms with van der Waals surface area (Å²) in [5.74, 6) is -2.76. The zero-order valence-electron chi connectivity index (χ0n) is 37.2. The van der Waals surface area contributed by atoms with E-state index in [1.807, 2.05) is 20.8 Å². The molecule has 0 aliphatic carbocycles. The lowest BCUT2D eigenvalue weighted by Gasteiger charge is -2.50. The second kappa shape index (κ2) is 22.2. The molecule has 60 heavy (non-hydrogen) atoms. The Balaban J connectivity index is 1.65. The van der Waals surface area contributed by atoms with Crippen LogP contribution >= 0.6 is 0 Å². The minimum absolute atomic E-state index is 0.00559. The molecule has 3 N–H and O–H groups in total. The number of carbonyl (C=O) groups excluding carboxylic acids is 4. The summed E-state index contributed by atoms with van der Waals surface area (Å²) in [7, 11) is 4.87. The van der Waals surface area contributed by atoms with Crippen LogP contribution in [0.15, 0.2) is 12.2 Å². The van der Waals surface area contributed by atoms with E-state index in [-0.39, 0.29) is 50.2 Å². The summed E-state index contributed by atoms with van der Waals surface area (Å²) in [6.07, 6.45) is -8.08. The Morgan fingerprint density at radius 2 is 1.67 bits per heavy atom. The molecule has 0 saturated carbocycles. The SMILES string of the molecule is CCC(=O)O[C@@H]1CC(=O)O[C@H](C)C[C@@H]2O[C@H]2/C=C/[C@H](O)[C@H](C)C[C@H](CC=O)C(O[C@@H]2O[C@H](C)[C@@H](O[C@H]3C[C@@](C)(O)[C@@H](OC(=O)CC(C)C)[C@H](C)O3)[C@H](N(C)C)[C@H]2O)[C@H]1OC. The number of nitrogens with zero attached hydrogens (tertiary/aromatic N) is 1. The number of aldehydes is 1. The topological polar surface area (TPSA) is 219 Å². The Labute approximate surface area is 354 Å². The fourth-order valence-electron chi connectivity index (χ4n) is 8.66. The molecule has 18 atom stereocenters. The molecule has 17 heteroatoms. The van der Waals surface area contributed by atoms with Gasteiger partial charge in [-0.25, -0.2) is 0 Å². The Hall–Kier alpha value is -2.58. The van der Waals surface area contributed by atoms with Gasteiger partial charge in [0.15, 0.2) is 18.7 Å². The average Bonchev–Trinajstić information content (AvgIpc) is 3.89. The van der Waals surface area contributed by atoms with Crippen molar-refractivity contribution in [2.45, 2.75) is 198 Å². The van der Waals surface area contributed by atoms with E-state index < -0.39 is 121 Å². The summed E-state index contributed by atoms with van der Waals surface area (Å²) in [6.45, 7) is 14.0. The first-order valence-corrected chi connectivity index (χ1v) is 21.4. The molecule has 0 aromatic rings. The van der Waals surface area contributed by atoms with E-state index in [0.29, 0.717) is 6.42 Å². The lowest BCUT2D eigenvalue weighted by molar-refractivity contribution is -0.344. The zero-order valence-corrected chi connectivity index (χ0v) is 37.2. The molecule has 3 saturated heterocycles. The normalized spacial score (nSPS) is 42.5. The number of cyclic esters (lactones) is 1. The molecule has 0 spiro atoms. The van der Waals surface area contributed by atoms with Crippen molar-refractivity contribution in [3.63, 3.8) is 0 Å². The number of ether oxygens (including phenoxy) is 9. The van der Waals surface area contributed by atoms with Gasteiger partial charge in [-0.2, -0.15) is 0 Å². The lowest BCUT2D eigenvalue weighted by Crippen LogP contribution is -2.66. The van der Waals surface area contributed by atoms with Crippen LogP contribution in [0.2, 0.25) is 0 Å². The number of rotatable bonds is 13. The van der Waals surface area contributed by atoms with E-state index in [0.717, 1.165) is 6.29 Å². The van der Waals surface area contributed by atoms with Crippen LogP contribution in [0.25, 0.3) is 0 Å². The monoisotopic (exact) mass is 857 g/mol. The van der Waals surface area contributed by atoms with Crippen LogP contribution in [-0.4, -0.2) is 163 Å². The van der Waals surface area contributed by atoms with E-state index in [4.69, 9.17) is 42.6 Å². The third kappa shape index (κ3) is 13.5. The lowest BCUT2D eigenvalue weighted by atomic mass is 9.82. The Kier molecular flexibility index (Phi) is 18.5. The fourth-order valence-corrected chi connectivity index (χ4v) is 8.66. The molecule has 3 fully saturated rings. The number of esters is 3. The minimum atomic E-state index is -1.50. The molecule has 344 valence electrons. The number of aliphatic hydroxyl groups excluding tert-OH is 2. The van der Waals surface area contributed by atoms with Crippen molar-refractivity contribution >= 4 is 24.2 Å². The predicted molar refractivity (Wildman–Crippen MR) is 214 cm³/mol. The minimum Gasteiger partial charge on any atom is -0.462 e. The molecule has 0 aromatic carbocycles. The number of hydrogen-bond donors (Lipinski definition) is 3. The largest absolute Gasteiger partial charge is 0.462 e. The molecule has 4 aliphatic rings. The average molecular weight is 858 g/mol. The maximum atomic E-state index is 13.4. The van der Waals surface area contributed by atoms with Gasteiger partial charge in [-0.1, -0.05) is 39.8 Å². The van der Waals surface area contributed by atoms with E-state index in [1.165, 1.54) is 7.11 Å². The van der Waals surface area contributed by atoms with E-state index in [1.54, 1.807) is 65.8 Å². The number of fused-ring (bicyclic) bond motifs is 1. The van der Waals surface area contributed by atoms with Gasteiger partial charge in [0.1, 0.15) is 48.5 Å². The van der Waals surface area contributed by atoms with Crippen LogP contribution in [-0.2, 0) is 61.8 Å². The van der Waals surface area contributed by atoms with Crippen molar-refractivity contribution in [3.05, 3.63) is 12.2 Å². The van der Waals surface area contributed by atoms with Gasteiger partial charge in [0.25, 0.3) is 0 Å². The first-order chi connectivity index (χ1) is 28.2. The van der Waals surface area contributed by atoms with Gasteiger partial charge in [0.2, 0.25) is 0 Å². The van der Waals surface area contributed by atoms with Crippen LogP contribution in [0.4, 0.5) is 0 Å². The van der Waals surface area contributed by atoms with Crippen LogP contribution < -0.4 is 0 Å². The summed E-state index contributed by atoms with van der Waals surface area (Å²) < 4.78 is 54.7. The number of hydrogen-bond acceptors (Lipinski definition) is 17. The maximum Gasteiger partial charge on any atom is 0.309 e. The smallest absolute Gasteiger partial charge is 0.309 e. The number of methoxy groups -OCH3 is 1. The highest BCUT2D eigenvalue weighted by molar-refractivity contribution is 5.72. The van der Waals surface area contributed by atoms with Crippen LogP contribution in [0.3, 0.4) is 0 Å². The van der Waals surface area contributed by atoms with E-state index in [2.05, 4.69) is 0 Å². The molecule has 0 aromatic heterocycles. The molecule has 4 aliphatic heterocycles. The second-order valence-electron chi connectivity index (χ2n) is 17.9. The first-order valence-electron chi connectivity index (χ1n) is 21.4. The summed E-state index contributed by atoms with van der Waals surface area (Å²) in [4.78, 5) is 53.0. The van der Waals surface area contributed by atoms with Crippen molar-refractivity contribution in [1.82, 2.24) is 4.90 Å². The summed E-state index contributed by atoms with van der Waals surface area (Å²) in [6, 6.07) is -0.787. The molecule has 4 heterocycles. The summed E-state index contributed by atoms with van der Waals surface area (Å²) in [5.41, 5.74) is -1.50. The molecule has 1 unspecified atom stereocenters. The van der Waals surface area contributed by atoms with Crippen molar-refractivity contribution in [2.75, 3.05) is 21.2 Å². The van der Waals surface area contributed by atoms with Gasteiger partial charge in [0, 0.05) is 39.2 Å². The number of carbonyl (C=O) groups is 4. The van der Waals surface area contributed by atoms with E-state index >= 15 is 0 Å².